The molecule has 0 N–H and O–H groups in total. The molecule has 3 nitrogen and oxygen atoms in total. The van der Waals surface area contributed by atoms with Crippen LogP contribution in [0.5, 0.6) is 0 Å². The summed E-state index contributed by atoms with van der Waals surface area (Å²) in [6.07, 6.45) is 7.85. The zero-order valence-electron chi connectivity index (χ0n) is 17.8. The van der Waals surface area contributed by atoms with Crippen molar-refractivity contribution in [2.75, 3.05) is 5.75 Å². The monoisotopic (exact) mass is 436 g/mol. The highest BCUT2D eigenvalue weighted by molar-refractivity contribution is 8.00. The lowest BCUT2D eigenvalue weighted by atomic mass is 9.94. The highest BCUT2D eigenvalue weighted by atomic mass is 32.2. The Hall–Kier alpha value is -2.53. The minimum absolute atomic E-state index is 0.204. The van der Waals surface area contributed by atoms with Crippen LogP contribution in [-0.2, 0) is 17.9 Å². The number of aromatic nitrogens is 1. The van der Waals surface area contributed by atoms with E-state index < -0.39 is 0 Å². The Morgan fingerprint density at radius 3 is 2.45 bits per heavy atom. The Bertz CT molecular complexity index is 965. The van der Waals surface area contributed by atoms with Gasteiger partial charge in [0.15, 0.2) is 0 Å². The van der Waals surface area contributed by atoms with Crippen molar-refractivity contribution < 1.29 is 9.18 Å². The van der Waals surface area contributed by atoms with E-state index in [0.29, 0.717) is 24.9 Å². The molecule has 1 heterocycles. The minimum Gasteiger partial charge on any atom is -0.345 e. The minimum atomic E-state index is -0.221. The topological polar surface area (TPSA) is 25.2 Å². The van der Waals surface area contributed by atoms with Gasteiger partial charge in [-0.25, -0.2) is 4.39 Å². The third-order valence-corrected chi connectivity index (χ3v) is 6.96. The van der Waals surface area contributed by atoms with Gasteiger partial charge in [0.25, 0.3) is 0 Å². The second-order valence-corrected chi connectivity index (χ2v) is 9.22. The second-order valence-electron chi connectivity index (χ2n) is 8.17. The van der Waals surface area contributed by atoms with Crippen LogP contribution in [0.25, 0.3) is 0 Å². The van der Waals surface area contributed by atoms with Crippen molar-refractivity contribution in [2.45, 2.75) is 56.1 Å². The average molecular weight is 437 g/mol. The molecule has 2 aromatic carbocycles. The molecule has 1 aromatic heterocycles. The summed E-state index contributed by atoms with van der Waals surface area (Å²) >= 11 is 1.61. The third-order valence-electron chi connectivity index (χ3n) is 5.96. The van der Waals surface area contributed by atoms with E-state index in [-0.39, 0.29) is 11.7 Å². The van der Waals surface area contributed by atoms with Crippen LogP contribution < -0.4 is 0 Å². The van der Waals surface area contributed by atoms with Gasteiger partial charge in [0.05, 0.1) is 12.3 Å². The summed E-state index contributed by atoms with van der Waals surface area (Å²) in [5.41, 5.74) is 2.17. The highest BCUT2D eigenvalue weighted by Gasteiger charge is 2.26. The first kappa shape index (κ1) is 21.7. The van der Waals surface area contributed by atoms with Crippen molar-refractivity contribution in [1.29, 1.82) is 0 Å². The van der Waals surface area contributed by atoms with Gasteiger partial charge < -0.3 is 9.47 Å². The van der Waals surface area contributed by atoms with Gasteiger partial charge in [-0.15, -0.1) is 11.8 Å². The molecule has 1 saturated carbocycles. The van der Waals surface area contributed by atoms with Gasteiger partial charge in [-0.3, -0.25) is 4.79 Å². The van der Waals surface area contributed by atoms with E-state index >= 15 is 0 Å². The molecule has 4 rings (SSSR count). The summed E-state index contributed by atoms with van der Waals surface area (Å²) < 4.78 is 15.4. The van der Waals surface area contributed by atoms with Gasteiger partial charge in [0, 0.05) is 29.4 Å². The SMILES string of the molecule is O=C(CSc1ccccc1)N(Cc1cccn1Cc1ccc(F)cc1)C1CCCCC1. The second kappa shape index (κ2) is 10.7. The fourth-order valence-electron chi connectivity index (χ4n) is 4.27. The van der Waals surface area contributed by atoms with Gasteiger partial charge in [0.2, 0.25) is 5.91 Å². The fraction of sp³-hybridized carbons (Fsp3) is 0.346. The molecule has 162 valence electrons. The molecule has 3 aromatic rings. The molecule has 0 unspecified atom stereocenters. The van der Waals surface area contributed by atoms with Crippen LogP contribution in [0.1, 0.15) is 43.4 Å². The average Bonchev–Trinajstić information content (AvgIpc) is 3.25. The van der Waals surface area contributed by atoms with Crippen molar-refractivity contribution in [3.63, 3.8) is 0 Å². The molecule has 0 aliphatic heterocycles. The first-order valence-electron chi connectivity index (χ1n) is 11.0. The number of carbonyl (C=O) groups is 1. The lowest BCUT2D eigenvalue weighted by molar-refractivity contribution is -0.132. The molecule has 1 amide bonds. The predicted molar refractivity (Wildman–Crippen MR) is 125 cm³/mol. The molecule has 1 fully saturated rings. The van der Waals surface area contributed by atoms with Gasteiger partial charge >= 0.3 is 0 Å². The third kappa shape index (κ3) is 6.01. The quantitative estimate of drug-likeness (QED) is 0.397. The molecule has 1 aliphatic carbocycles. The number of nitrogens with zero attached hydrogens (tertiary/aromatic N) is 2. The first-order valence-corrected chi connectivity index (χ1v) is 12.0. The normalized spacial score (nSPS) is 14.5. The molecule has 0 saturated heterocycles. The molecular weight excluding hydrogens is 407 g/mol. The molecule has 0 spiro atoms. The first-order chi connectivity index (χ1) is 15.2. The smallest absolute Gasteiger partial charge is 0.233 e. The van der Waals surface area contributed by atoms with E-state index in [4.69, 9.17) is 0 Å². The molecule has 0 atom stereocenters. The molecule has 31 heavy (non-hydrogen) atoms. The Morgan fingerprint density at radius 2 is 1.71 bits per heavy atom. The van der Waals surface area contributed by atoms with Crippen molar-refractivity contribution in [3.8, 4) is 0 Å². The number of thioether (sulfide) groups is 1. The number of hydrogen-bond donors (Lipinski definition) is 0. The van der Waals surface area contributed by atoms with E-state index in [1.54, 1.807) is 11.8 Å². The van der Waals surface area contributed by atoms with Crippen molar-refractivity contribution >= 4 is 17.7 Å². The molecule has 1 aliphatic rings. The largest absolute Gasteiger partial charge is 0.345 e. The number of halogens is 1. The van der Waals surface area contributed by atoms with Gasteiger partial charge in [-0.1, -0.05) is 49.6 Å². The Labute approximate surface area is 188 Å². The maximum absolute atomic E-state index is 13.3. The zero-order chi connectivity index (χ0) is 21.5. The Balaban J connectivity index is 1.47. The molecule has 0 bridgehead atoms. The van der Waals surface area contributed by atoms with Gasteiger partial charge in [-0.05, 0) is 54.8 Å². The van der Waals surface area contributed by atoms with Crippen LogP contribution in [0.3, 0.4) is 0 Å². The Morgan fingerprint density at radius 1 is 0.968 bits per heavy atom. The van der Waals surface area contributed by atoms with Crippen LogP contribution in [-0.4, -0.2) is 27.2 Å². The van der Waals surface area contributed by atoms with Crippen LogP contribution in [0.15, 0.2) is 77.8 Å². The molecular formula is C26H29FN2OS. The lowest BCUT2D eigenvalue weighted by Gasteiger charge is -2.34. The van der Waals surface area contributed by atoms with Gasteiger partial charge in [0.1, 0.15) is 5.82 Å². The fourth-order valence-corrected chi connectivity index (χ4v) is 5.07. The molecule has 5 heteroatoms. The zero-order valence-corrected chi connectivity index (χ0v) is 18.6. The number of hydrogen-bond acceptors (Lipinski definition) is 2. The van der Waals surface area contributed by atoms with Crippen LogP contribution >= 0.6 is 11.8 Å². The summed E-state index contributed by atoms with van der Waals surface area (Å²) in [6.45, 7) is 1.29. The Kier molecular flexibility index (Phi) is 7.47. The number of amides is 1. The van der Waals surface area contributed by atoms with E-state index in [1.165, 1.54) is 31.4 Å². The summed E-state index contributed by atoms with van der Waals surface area (Å²) in [4.78, 5) is 16.5. The summed E-state index contributed by atoms with van der Waals surface area (Å²) in [7, 11) is 0. The standard InChI is InChI=1S/C26H29FN2OS/c27-22-15-13-21(14-16-22)18-28-17-7-10-24(28)19-29(23-8-3-1-4-9-23)26(30)20-31-25-11-5-2-6-12-25/h2,5-7,10-17,23H,1,3-4,8-9,18-20H2. The highest BCUT2D eigenvalue weighted by Crippen LogP contribution is 2.26. The number of benzene rings is 2. The summed E-state index contributed by atoms with van der Waals surface area (Å²) in [5, 5.41) is 0. The van der Waals surface area contributed by atoms with Crippen molar-refractivity contribution in [3.05, 3.63) is 90.0 Å². The maximum Gasteiger partial charge on any atom is 0.233 e. The predicted octanol–water partition coefficient (Wildman–Crippen LogP) is 6.13. The molecule has 0 radical (unpaired) electrons. The van der Waals surface area contributed by atoms with E-state index in [0.717, 1.165) is 29.0 Å². The number of rotatable bonds is 8. The van der Waals surface area contributed by atoms with Crippen LogP contribution in [0, 0.1) is 5.82 Å². The lowest BCUT2D eigenvalue weighted by Crippen LogP contribution is -2.42. The van der Waals surface area contributed by atoms with Crippen molar-refractivity contribution in [1.82, 2.24) is 9.47 Å². The van der Waals surface area contributed by atoms with Crippen molar-refractivity contribution in [2.24, 2.45) is 0 Å². The summed E-state index contributed by atoms with van der Waals surface area (Å²) in [5.74, 6) is 0.441. The van der Waals surface area contributed by atoms with Crippen LogP contribution in [0.2, 0.25) is 0 Å². The van der Waals surface area contributed by atoms with Gasteiger partial charge in [-0.2, -0.15) is 0 Å². The summed E-state index contributed by atoms with van der Waals surface area (Å²) in [6, 6.07) is 21.2. The van der Waals surface area contributed by atoms with Crippen LogP contribution in [0.4, 0.5) is 4.39 Å². The van der Waals surface area contributed by atoms with E-state index in [2.05, 4.69) is 27.7 Å². The van der Waals surface area contributed by atoms with E-state index in [9.17, 15) is 9.18 Å². The maximum atomic E-state index is 13.3. The van der Waals surface area contributed by atoms with E-state index in [1.807, 2.05) is 42.6 Å². The number of carbonyl (C=O) groups excluding carboxylic acids is 1.